The van der Waals surface area contributed by atoms with E-state index in [-0.39, 0.29) is 12.2 Å². The van der Waals surface area contributed by atoms with Gasteiger partial charge in [-0.2, -0.15) is 13.2 Å². The number of methoxy groups -OCH3 is 1. The Bertz CT molecular complexity index is 932. The fraction of sp³-hybridized carbons (Fsp3) is 0.381. The molecule has 1 aliphatic heterocycles. The lowest BCUT2D eigenvalue weighted by Crippen LogP contribution is -2.37. The van der Waals surface area contributed by atoms with E-state index in [2.05, 4.69) is 5.32 Å². The van der Waals surface area contributed by atoms with E-state index >= 15 is 0 Å². The van der Waals surface area contributed by atoms with Crippen LogP contribution in [0.2, 0.25) is 0 Å². The van der Waals surface area contributed by atoms with E-state index in [4.69, 9.17) is 9.47 Å². The van der Waals surface area contributed by atoms with Gasteiger partial charge in [-0.1, -0.05) is 24.3 Å². The number of halogens is 3. The molecule has 0 aliphatic carbocycles. The smallest absolute Gasteiger partial charge is 0.416 e. The van der Waals surface area contributed by atoms with Crippen molar-refractivity contribution in [2.45, 2.75) is 37.1 Å². The summed E-state index contributed by atoms with van der Waals surface area (Å²) in [5, 5.41) is 15.0. The first-order valence-electron chi connectivity index (χ1n) is 9.54. The molecule has 1 saturated heterocycles. The van der Waals surface area contributed by atoms with Crippen LogP contribution in [0.25, 0.3) is 0 Å². The first kappa shape index (κ1) is 22.5. The zero-order chi connectivity index (χ0) is 22.8. The number of carbonyl (C=O) groups is 1. The molecule has 1 heterocycles. The molecule has 7 nitrogen and oxygen atoms in total. The molecule has 0 spiro atoms. The second-order valence-electron chi connectivity index (χ2n) is 7.07. The van der Waals surface area contributed by atoms with E-state index in [1.165, 1.54) is 19.2 Å². The third kappa shape index (κ3) is 4.63. The molecule has 0 aromatic heterocycles. The summed E-state index contributed by atoms with van der Waals surface area (Å²) in [6.45, 7) is 1.70. The van der Waals surface area contributed by atoms with Crippen LogP contribution in [0.3, 0.4) is 0 Å². The minimum atomic E-state index is -4.52. The summed E-state index contributed by atoms with van der Waals surface area (Å²) < 4.78 is 48.9. The minimum Gasteiger partial charge on any atom is -0.497 e. The molecule has 2 aromatic carbocycles. The Morgan fingerprint density at radius 2 is 1.68 bits per heavy atom. The second-order valence-corrected chi connectivity index (χ2v) is 7.07. The van der Waals surface area contributed by atoms with Crippen molar-refractivity contribution in [3.8, 4) is 5.75 Å². The van der Waals surface area contributed by atoms with Crippen LogP contribution >= 0.6 is 0 Å². The van der Waals surface area contributed by atoms with Crippen LogP contribution in [0, 0.1) is 10.1 Å². The summed E-state index contributed by atoms with van der Waals surface area (Å²) in [7, 11) is 1.48. The van der Waals surface area contributed by atoms with Gasteiger partial charge in [-0.3, -0.25) is 20.2 Å². The number of alkyl halides is 3. The molecular formula is C21H21F3N2O5. The van der Waals surface area contributed by atoms with Gasteiger partial charge in [0.25, 0.3) is 0 Å². The fourth-order valence-electron chi connectivity index (χ4n) is 3.89. The van der Waals surface area contributed by atoms with Crippen LogP contribution < -0.4 is 10.1 Å². The number of benzene rings is 2. The number of ether oxygens (including phenoxy) is 2. The maximum atomic E-state index is 12.9. The van der Waals surface area contributed by atoms with Crippen LogP contribution in [0.5, 0.6) is 5.75 Å². The van der Waals surface area contributed by atoms with Crippen molar-refractivity contribution in [1.29, 1.82) is 0 Å². The Hall–Kier alpha value is -3.14. The predicted molar refractivity (Wildman–Crippen MR) is 104 cm³/mol. The van der Waals surface area contributed by atoms with E-state index in [0.29, 0.717) is 11.3 Å². The van der Waals surface area contributed by atoms with E-state index in [1.54, 1.807) is 31.2 Å². The van der Waals surface area contributed by atoms with Gasteiger partial charge in [-0.05, 0) is 42.3 Å². The number of nitrogens with zero attached hydrogens (tertiary/aromatic N) is 1. The van der Waals surface area contributed by atoms with E-state index in [1.807, 2.05) is 0 Å². The number of esters is 1. The van der Waals surface area contributed by atoms with Gasteiger partial charge in [0, 0.05) is 4.92 Å². The first-order valence-corrected chi connectivity index (χ1v) is 9.54. The highest BCUT2D eigenvalue weighted by atomic mass is 19.4. The molecule has 3 rings (SSSR count). The van der Waals surface area contributed by atoms with Crippen LogP contribution in [-0.4, -0.2) is 36.7 Å². The van der Waals surface area contributed by atoms with Gasteiger partial charge in [0.15, 0.2) is 0 Å². The third-order valence-electron chi connectivity index (χ3n) is 5.31. The molecule has 1 aliphatic rings. The number of hydrogen-bond acceptors (Lipinski definition) is 6. The Morgan fingerprint density at radius 1 is 1.10 bits per heavy atom. The fourth-order valence-corrected chi connectivity index (χ4v) is 3.89. The number of nitro groups is 1. The van der Waals surface area contributed by atoms with Gasteiger partial charge in [0.1, 0.15) is 17.8 Å². The zero-order valence-corrected chi connectivity index (χ0v) is 16.8. The van der Waals surface area contributed by atoms with Crippen LogP contribution in [0.15, 0.2) is 48.5 Å². The van der Waals surface area contributed by atoms with Crippen LogP contribution in [-0.2, 0) is 15.7 Å². The molecule has 0 amide bonds. The molecule has 10 heteroatoms. The van der Waals surface area contributed by atoms with Crippen molar-refractivity contribution in [2.75, 3.05) is 13.7 Å². The van der Waals surface area contributed by atoms with E-state index in [9.17, 15) is 28.1 Å². The minimum absolute atomic E-state index is 0.0838. The quantitative estimate of drug-likeness (QED) is 0.420. The van der Waals surface area contributed by atoms with Gasteiger partial charge in [-0.15, -0.1) is 0 Å². The van der Waals surface area contributed by atoms with E-state index in [0.717, 1.165) is 12.1 Å². The second kappa shape index (κ2) is 8.93. The Kier molecular flexibility index (Phi) is 6.49. The number of rotatable bonds is 6. The standard InChI is InChI=1S/C21H21F3N2O5/c1-3-31-20(27)18-16(12-6-10-15(30-2)11-7-12)19(26(28)29)17(25-18)13-4-8-14(9-5-13)21(22,23)24/h4-11,16-19,25H,3H2,1-2H3/t16-,17+,18+,19+/m1/s1. The highest BCUT2D eigenvalue weighted by Crippen LogP contribution is 2.41. The maximum Gasteiger partial charge on any atom is 0.416 e. The van der Waals surface area contributed by atoms with Gasteiger partial charge in [0.05, 0.1) is 25.2 Å². The average molecular weight is 438 g/mol. The zero-order valence-electron chi connectivity index (χ0n) is 16.8. The lowest BCUT2D eigenvalue weighted by molar-refractivity contribution is -0.527. The van der Waals surface area contributed by atoms with E-state index < -0.39 is 46.7 Å². The van der Waals surface area contributed by atoms with Gasteiger partial charge < -0.3 is 9.47 Å². The maximum absolute atomic E-state index is 12.9. The summed E-state index contributed by atoms with van der Waals surface area (Å²) in [5.74, 6) is -1.02. The van der Waals surface area contributed by atoms with Gasteiger partial charge in [-0.25, -0.2) is 0 Å². The highest BCUT2D eigenvalue weighted by molar-refractivity contribution is 5.78. The van der Waals surface area contributed by atoms with Gasteiger partial charge >= 0.3 is 12.1 Å². The SMILES string of the molecule is CCOC(=O)[C@H]1N[C@@H](c2ccc(C(F)(F)F)cc2)[C@@H]([N+](=O)[O-])[C@@H]1c1ccc(OC)cc1. The average Bonchev–Trinajstić information content (AvgIpc) is 3.14. The molecule has 166 valence electrons. The number of nitrogens with one attached hydrogen (secondary N) is 1. The highest BCUT2D eigenvalue weighted by Gasteiger charge is 2.55. The Morgan fingerprint density at radius 3 is 2.16 bits per heavy atom. The van der Waals surface area contributed by atoms with Crippen molar-refractivity contribution in [1.82, 2.24) is 5.32 Å². The monoisotopic (exact) mass is 438 g/mol. The molecule has 0 saturated carbocycles. The largest absolute Gasteiger partial charge is 0.497 e. The topological polar surface area (TPSA) is 90.7 Å². The molecule has 1 N–H and O–H groups in total. The Balaban J connectivity index is 2.03. The Labute approximate surface area is 176 Å². The molecule has 0 radical (unpaired) electrons. The molecule has 4 atom stereocenters. The molecule has 1 fully saturated rings. The summed E-state index contributed by atoms with van der Waals surface area (Å²) in [5.41, 5.74) is -0.0666. The molecule has 0 bridgehead atoms. The van der Waals surface area contributed by atoms with Crippen molar-refractivity contribution < 1.29 is 32.4 Å². The first-order chi connectivity index (χ1) is 14.7. The summed E-state index contributed by atoms with van der Waals surface area (Å²) in [4.78, 5) is 24.1. The predicted octanol–water partition coefficient (Wildman–Crippen LogP) is 3.72. The van der Waals surface area contributed by atoms with Crippen molar-refractivity contribution in [3.63, 3.8) is 0 Å². The normalized spacial score (nSPS) is 23.4. The molecule has 31 heavy (non-hydrogen) atoms. The summed E-state index contributed by atoms with van der Waals surface area (Å²) in [6.07, 6.45) is -4.52. The van der Waals surface area contributed by atoms with Crippen LogP contribution in [0.4, 0.5) is 13.2 Å². The number of carbonyl (C=O) groups excluding carboxylic acids is 1. The third-order valence-corrected chi connectivity index (χ3v) is 5.31. The van der Waals surface area contributed by atoms with Crippen LogP contribution in [0.1, 0.15) is 35.6 Å². The lowest BCUT2D eigenvalue weighted by atomic mass is 9.85. The number of hydrogen-bond donors (Lipinski definition) is 1. The van der Waals surface area contributed by atoms with Crippen molar-refractivity contribution in [3.05, 3.63) is 75.3 Å². The van der Waals surface area contributed by atoms with Crippen molar-refractivity contribution >= 4 is 5.97 Å². The van der Waals surface area contributed by atoms with Crippen molar-refractivity contribution in [2.24, 2.45) is 0 Å². The van der Waals surface area contributed by atoms with Gasteiger partial charge in [0.2, 0.25) is 6.04 Å². The molecule has 2 aromatic rings. The summed E-state index contributed by atoms with van der Waals surface area (Å²) >= 11 is 0. The molecule has 0 unspecified atom stereocenters. The lowest BCUT2D eigenvalue weighted by Gasteiger charge is -2.20. The summed E-state index contributed by atoms with van der Waals surface area (Å²) in [6, 6.07) is 7.29. The molecular weight excluding hydrogens is 417 g/mol.